The average molecular weight is 298 g/mol. The van der Waals surface area contributed by atoms with Gasteiger partial charge in [0.2, 0.25) is 0 Å². The maximum Gasteiger partial charge on any atom is 0.289 e. The third-order valence-electron chi connectivity index (χ3n) is 4.33. The van der Waals surface area contributed by atoms with E-state index in [9.17, 15) is 4.79 Å². The predicted molar refractivity (Wildman–Crippen MR) is 76.8 cm³/mol. The number of hydrogen-bond acceptors (Lipinski definition) is 4. The summed E-state index contributed by atoms with van der Waals surface area (Å²) in [5.41, 5.74) is 5.93. The van der Waals surface area contributed by atoms with E-state index in [-0.39, 0.29) is 11.1 Å². The van der Waals surface area contributed by atoms with Crippen molar-refractivity contribution in [2.45, 2.75) is 31.3 Å². The Morgan fingerprint density at radius 1 is 1.25 bits per heavy atom. The molecule has 1 atom stereocenters. The number of nitrogens with two attached hydrogens (primary N) is 1. The van der Waals surface area contributed by atoms with E-state index in [1.807, 2.05) is 4.90 Å². The lowest BCUT2D eigenvalue weighted by Gasteiger charge is -2.34. The van der Waals surface area contributed by atoms with Crippen molar-refractivity contribution >= 4 is 17.5 Å². The Balaban J connectivity index is 1.58. The van der Waals surface area contributed by atoms with Gasteiger partial charge in [-0.25, -0.2) is 0 Å². The fourth-order valence-electron chi connectivity index (χ4n) is 3.09. The van der Waals surface area contributed by atoms with E-state index in [0.29, 0.717) is 17.8 Å². The largest absolute Gasteiger partial charge is 0.440 e. The summed E-state index contributed by atoms with van der Waals surface area (Å²) in [4.78, 5) is 16.6. The van der Waals surface area contributed by atoms with Crippen LogP contribution in [0, 0.1) is 0 Å². The molecule has 2 aliphatic rings. The molecule has 0 aromatic carbocycles. The minimum Gasteiger partial charge on any atom is -0.440 e. The average Bonchev–Trinajstić information content (AvgIpc) is 3.08. The van der Waals surface area contributed by atoms with Crippen LogP contribution < -0.4 is 5.73 Å². The van der Waals surface area contributed by atoms with Crippen LogP contribution in [0.3, 0.4) is 0 Å². The van der Waals surface area contributed by atoms with Crippen LogP contribution in [0.1, 0.15) is 29.8 Å². The molecule has 0 radical (unpaired) electrons. The molecule has 20 heavy (non-hydrogen) atoms. The molecule has 0 saturated carbocycles. The van der Waals surface area contributed by atoms with Gasteiger partial charge in [-0.2, -0.15) is 0 Å². The zero-order valence-electron chi connectivity index (χ0n) is 11.4. The summed E-state index contributed by atoms with van der Waals surface area (Å²) in [5.74, 6) is 0.268. The van der Waals surface area contributed by atoms with Gasteiger partial charge in [0.15, 0.2) is 11.0 Å². The Morgan fingerprint density at radius 3 is 2.65 bits per heavy atom. The van der Waals surface area contributed by atoms with E-state index in [4.69, 9.17) is 21.8 Å². The van der Waals surface area contributed by atoms with Crippen LogP contribution in [0.5, 0.6) is 0 Å². The molecule has 5 nitrogen and oxygen atoms in total. The first-order valence-electron chi connectivity index (χ1n) is 7.18. The van der Waals surface area contributed by atoms with Crippen LogP contribution in [0.2, 0.25) is 5.22 Å². The smallest absolute Gasteiger partial charge is 0.289 e. The Bertz CT molecular complexity index is 483. The van der Waals surface area contributed by atoms with Crippen molar-refractivity contribution in [2.75, 3.05) is 26.2 Å². The quantitative estimate of drug-likeness (QED) is 0.900. The SMILES string of the molecule is NC1CCN(C2CCN(C(=O)c3ccc(Cl)o3)C2)CC1. The van der Waals surface area contributed by atoms with Gasteiger partial charge in [-0.05, 0) is 56.1 Å². The molecule has 6 heteroatoms. The first-order valence-corrected chi connectivity index (χ1v) is 7.55. The van der Waals surface area contributed by atoms with Gasteiger partial charge in [0.1, 0.15) is 0 Å². The predicted octanol–water partition coefficient (Wildman–Crippen LogP) is 1.57. The molecule has 1 aromatic heterocycles. The molecule has 0 spiro atoms. The maximum absolute atomic E-state index is 12.3. The van der Waals surface area contributed by atoms with Crippen molar-refractivity contribution in [3.8, 4) is 0 Å². The molecule has 2 aliphatic heterocycles. The molecular weight excluding hydrogens is 278 g/mol. The van der Waals surface area contributed by atoms with Crippen molar-refractivity contribution in [2.24, 2.45) is 5.73 Å². The summed E-state index contributed by atoms with van der Waals surface area (Å²) in [7, 11) is 0. The normalized spacial score (nSPS) is 25.3. The van der Waals surface area contributed by atoms with Crippen LogP contribution in [0.4, 0.5) is 0 Å². The molecule has 2 N–H and O–H groups in total. The van der Waals surface area contributed by atoms with Crippen molar-refractivity contribution < 1.29 is 9.21 Å². The monoisotopic (exact) mass is 297 g/mol. The second-order valence-corrected chi connectivity index (χ2v) is 6.04. The minimum absolute atomic E-state index is 0.0619. The van der Waals surface area contributed by atoms with E-state index in [2.05, 4.69) is 4.90 Å². The van der Waals surface area contributed by atoms with Crippen LogP contribution >= 0.6 is 11.6 Å². The number of piperidine rings is 1. The summed E-state index contributed by atoms with van der Waals surface area (Å²) < 4.78 is 5.20. The summed E-state index contributed by atoms with van der Waals surface area (Å²) >= 11 is 5.72. The van der Waals surface area contributed by atoms with Gasteiger partial charge in [0, 0.05) is 25.2 Å². The molecule has 1 unspecified atom stereocenters. The zero-order chi connectivity index (χ0) is 14.1. The van der Waals surface area contributed by atoms with E-state index in [1.54, 1.807) is 12.1 Å². The van der Waals surface area contributed by atoms with Crippen molar-refractivity contribution in [3.05, 3.63) is 23.1 Å². The lowest BCUT2D eigenvalue weighted by molar-refractivity contribution is 0.0738. The van der Waals surface area contributed by atoms with Gasteiger partial charge in [0.05, 0.1) is 0 Å². The van der Waals surface area contributed by atoms with Gasteiger partial charge in [-0.3, -0.25) is 9.69 Å². The summed E-state index contributed by atoms with van der Waals surface area (Å²) in [6.07, 6.45) is 3.13. The second-order valence-electron chi connectivity index (χ2n) is 5.67. The molecule has 2 fully saturated rings. The van der Waals surface area contributed by atoms with Gasteiger partial charge >= 0.3 is 0 Å². The number of carbonyl (C=O) groups excluding carboxylic acids is 1. The highest BCUT2D eigenvalue weighted by Gasteiger charge is 2.33. The van der Waals surface area contributed by atoms with Crippen LogP contribution in [-0.2, 0) is 0 Å². The van der Waals surface area contributed by atoms with Gasteiger partial charge in [0.25, 0.3) is 5.91 Å². The third kappa shape index (κ3) is 2.85. The lowest BCUT2D eigenvalue weighted by atomic mass is 10.0. The highest BCUT2D eigenvalue weighted by molar-refractivity contribution is 6.29. The lowest BCUT2D eigenvalue weighted by Crippen LogP contribution is -2.46. The highest BCUT2D eigenvalue weighted by atomic mass is 35.5. The van der Waals surface area contributed by atoms with Crippen molar-refractivity contribution in [1.82, 2.24) is 9.80 Å². The van der Waals surface area contributed by atoms with E-state index in [0.717, 1.165) is 45.4 Å². The molecule has 110 valence electrons. The van der Waals surface area contributed by atoms with E-state index < -0.39 is 0 Å². The number of halogens is 1. The third-order valence-corrected chi connectivity index (χ3v) is 4.53. The van der Waals surface area contributed by atoms with Crippen molar-refractivity contribution in [3.63, 3.8) is 0 Å². The number of furan rings is 1. The summed E-state index contributed by atoms with van der Waals surface area (Å²) in [6, 6.07) is 4.04. The van der Waals surface area contributed by atoms with Crippen LogP contribution in [0.25, 0.3) is 0 Å². The number of carbonyl (C=O) groups is 1. The molecule has 0 aliphatic carbocycles. The second kappa shape index (κ2) is 5.76. The molecule has 3 heterocycles. The van der Waals surface area contributed by atoms with E-state index >= 15 is 0 Å². The first kappa shape index (κ1) is 13.9. The maximum atomic E-state index is 12.3. The van der Waals surface area contributed by atoms with Gasteiger partial charge < -0.3 is 15.1 Å². The van der Waals surface area contributed by atoms with E-state index in [1.165, 1.54) is 0 Å². The van der Waals surface area contributed by atoms with Crippen LogP contribution in [0.15, 0.2) is 16.5 Å². The first-order chi connectivity index (χ1) is 9.63. The Morgan fingerprint density at radius 2 is 2.00 bits per heavy atom. The fourth-order valence-corrected chi connectivity index (χ4v) is 3.24. The standard InChI is InChI=1S/C14H20ClN3O2/c15-13-2-1-12(20-13)14(19)18-8-5-11(9-18)17-6-3-10(16)4-7-17/h1-2,10-11H,3-9,16H2. The molecule has 3 rings (SSSR count). The minimum atomic E-state index is -0.0619. The molecule has 0 bridgehead atoms. The fraction of sp³-hybridized carbons (Fsp3) is 0.643. The summed E-state index contributed by atoms with van der Waals surface area (Å²) in [6.45, 7) is 3.64. The Labute approximate surface area is 123 Å². The topological polar surface area (TPSA) is 62.7 Å². The van der Waals surface area contributed by atoms with Crippen molar-refractivity contribution in [1.29, 1.82) is 0 Å². The number of rotatable bonds is 2. The Hall–Kier alpha value is -1.04. The zero-order valence-corrected chi connectivity index (χ0v) is 12.2. The number of hydrogen-bond donors (Lipinski definition) is 1. The highest BCUT2D eigenvalue weighted by Crippen LogP contribution is 2.22. The number of amides is 1. The number of nitrogens with zero attached hydrogens (tertiary/aromatic N) is 2. The summed E-state index contributed by atoms with van der Waals surface area (Å²) in [5, 5.41) is 0.258. The molecular formula is C14H20ClN3O2. The molecule has 2 saturated heterocycles. The number of likely N-dealkylation sites (tertiary alicyclic amines) is 2. The Kier molecular flexibility index (Phi) is 4.01. The molecule has 1 amide bonds. The van der Waals surface area contributed by atoms with Crippen LogP contribution in [-0.4, -0.2) is 54.0 Å². The van der Waals surface area contributed by atoms with Gasteiger partial charge in [-0.15, -0.1) is 0 Å². The molecule has 1 aromatic rings. The van der Waals surface area contributed by atoms with Gasteiger partial charge in [-0.1, -0.05) is 0 Å².